The molecule has 0 radical (unpaired) electrons. The lowest BCUT2D eigenvalue weighted by molar-refractivity contribution is 0.460. The molecular formula is C12H11BrN2O. The SMILES string of the molecule is Cc1cc(Oc2ccncn2)cc(C)c1Br. The van der Waals surface area contributed by atoms with Crippen LogP contribution in [0.3, 0.4) is 0 Å². The molecule has 0 N–H and O–H groups in total. The highest BCUT2D eigenvalue weighted by molar-refractivity contribution is 9.10. The number of halogens is 1. The van der Waals surface area contributed by atoms with Gasteiger partial charge in [-0.05, 0) is 37.1 Å². The Morgan fingerprint density at radius 3 is 2.44 bits per heavy atom. The van der Waals surface area contributed by atoms with Crippen LogP contribution in [0.25, 0.3) is 0 Å². The minimum atomic E-state index is 0.552. The summed E-state index contributed by atoms with van der Waals surface area (Å²) in [7, 11) is 0. The number of hydrogen-bond acceptors (Lipinski definition) is 3. The molecule has 4 heteroatoms. The Bertz CT molecular complexity index is 477. The summed E-state index contributed by atoms with van der Waals surface area (Å²) in [4.78, 5) is 7.85. The van der Waals surface area contributed by atoms with Crippen molar-refractivity contribution in [3.05, 3.63) is 46.3 Å². The fraction of sp³-hybridized carbons (Fsp3) is 0.167. The van der Waals surface area contributed by atoms with Gasteiger partial charge in [-0.1, -0.05) is 15.9 Å². The van der Waals surface area contributed by atoms with E-state index < -0.39 is 0 Å². The monoisotopic (exact) mass is 278 g/mol. The first-order valence-electron chi connectivity index (χ1n) is 4.87. The van der Waals surface area contributed by atoms with Gasteiger partial charge in [0.2, 0.25) is 5.88 Å². The van der Waals surface area contributed by atoms with E-state index in [0.29, 0.717) is 5.88 Å². The lowest BCUT2D eigenvalue weighted by Gasteiger charge is -2.08. The lowest BCUT2D eigenvalue weighted by atomic mass is 10.1. The average molecular weight is 279 g/mol. The molecule has 0 spiro atoms. The molecule has 0 aliphatic heterocycles. The topological polar surface area (TPSA) is 35.0 Å². The first kappa shape index (κ1) is 11.1. The highest BCUT2D eigenvalue weighted by Crippen LogP contribution is 2.28. The second kappa shape index (κ2) is 4.61. The van der Waals surface area contributed by atoms with E-state index in [4.69, 9.17) is 4.74 Å². The van der Waals surface area contributed by atoms with Gasteiger partial charge in [-0.25, -0.2) is 9.97 Å². The van der Waals surface area contributed by atoms with Crippen molar-refractivity contribution < 1.29 is 4.74 Å². The Morgan fingerprint density at radius 2 is 1.88 bits per heavy atom. The number of aromatic nitrogens is 2. The largest absolute Gasteiger partial charge is 0.439 e. The van der Waals surface area contributed by atoms with Crippen LogP contribution in [0.15, 0.2) is 35.2 Å². The zero-order chi connectivity index (χ0) is 11.5. The Hall–Kier alpha value is -1.42. The van der Waals surface area contributed by atoms with Crippen LogP contribution in [0.2, 0.25) is 0 Å². The molecule has 0 amide bonds. The molecule has 0 aliphatic rings. The molecule has 82 valence electrons. The second-order valence-electron chi connectivity index (χ2n) is 3.52. The predicted molar refractivity (Wildman–Crippen MR) is 65.7 cm³/mol. The zero-order valence-electron chi connectivity index (χ0n) is 9.07. The summed E-state index contributed by atoms with van der Waals surface area (Å²) < 4.78 is 6.74. The zero-order valence-corrected chi connectivity index (χ0v) is 10.7. The van der Waals surface area contributed by atoms with E-state index in [2.05, 4.69) is 25.9 Å². The normalized spacial score (nSPS) is 10.2. The molecule has 0 unspecified atom stereocenters. The maximum atomic E-state index is 5.62. The van der Waals surface area contributed by atoms with Crippen molar-refractivity contribution >= 4 is 15.9 Å². The summed E-state index contributed by atoms with van der Waals surface area (Å²) in [5, 5.41) is 0. The van der Waals surface area contributed by atoms with E-state index in [-0.39, 0.29) is 0 Å². The third-order valence-electron chi connectivity index (χ3n) is 2.19. The number of rotatable bonds is 2. The molecule has 0 saturated carbocycles. The second-order valence-corrected chi connectivity index (χ2v) is 4.31. The molecule has 1 aromatic heterocycles. The third kappa shape index (κ3) is 2.39. The van der Waals surface area contributed by atoms with Gasteiger partial charge in [0, 0.05) is 16.7 Å². The fourth-order valence-corrected chi connectivity index (χ4v) is 1.65. The minimum Gasteiger partial charge on any atom is -0.439 e. The standard InChI is InChI=1S/C12H11BrN2O/c1-8-5-10(6-9(2)12(8)13)16-11-3-4-14-7-15-11/h3-7H,1-2H3. The first-order chi connectivity index (χ1) is 7.66. The average Bonchev–Trinajstić information content (AvgIpc) is 2.27. The van der Waals surface area contributed by atoms with Gasteiger partial charge in [-0.15, -0.1) is 0 Å². The van der Waals surface area contributed by atoms with Crippen molar-refractivity contribution in [3.8, 4) is 11.6 Å². The van der Waals surface area contributed by atoms with Gasteiger partial charge < -0.3 is 4.74 Å². The van der Waals surface area contributed by atoms with E-state index in [1.165, 1.54) is 6.33 Å². The number of ether oxygens (including phenoxy) is 1. The number of benzene rings is 1. The Morgan fingerprint density at radius 1 is 1.19 bits per heavy atom. The van der Waals surface area contributed by atoms with Gasteiger partial charge in [-0.2, -0.15) is 0 Å². The van der Waals surface area contributed by atoms with E-state index >= 15 is 0 Å². The van der Waals surface area contributed by atoms with Crippen LogP contribution < -0.4 is 4.74 Å². The summed E-state index contributed by atoms with van der Waals surface area (Å²) in [6, 6.07) is 5.67. The van der Waals surface area contributed by atoms with Crippen LogP contribution in [0.1, 0.15) is 11.1 Å². The Balaban J connectivity index is 2.29. The van der Waals surface area contributed by atoms with Crippen molar-refractivity contribution in [2.24, 2.45) is 0 Å². The first-order valence-corrected chi connectivity index (χ1v) is 5.67. The van der Waals surface area contributed by atoms with Gasteiger partial charge in [0.25, 0.3) is 0 Å². The number of nitrogens with zero attached hydrogens (tertiary/aromatic N) is 2. The highest BCUT2D eigenvalue weighted by atomic mass is 79.9. The van der Waals surface area contributed by atoms with Crippen molar-refractivity contribution in [1.29, 1.82) is 0 Å². The molecular weight excluding hydrogens is 268 g/mol. The van der Waals surface area contributed by atoms with Gasteiger partial charge in [0.15, 0.2) is 0 Å². The molecule has 0 atom stereocenters. The van der Waals surface area contributed by atoms with Crippen LogP contribution >= 0.6 is 15.9 Å². The highest BCUT2D eigenvalue weighted by Gasteiger charge is 2.04. The van der Waals surface area contributed by atoms with Crippen molar-refractivity contribution in [2.75, 3.05) is 0 Å². The molecule has 1 heterocycles. The van der Waals surface area contributed by atoms with Crippen LogP contribution in [-0.4, -0.2) is 9.97 Å². The van der Waals surface area contributed by atoms with Crippen molar-refractivity contribution in [1.82, 2.24) is 9.97 Å². The molecule has 16 heavy (non-hydrogen) atoms. The van der Waals surface area contributed by atoms with Gasteiger partial charge >= 0.3 is 0 Å². The molecule has 0 fully saturated rings. The van der Waals surface area contributed by atoms with Crippen molar-refractivity contribution in [3.63, 3.8) is 0 Å². The molecule has 3 nitrogen and oxygen atoms in total. The molecule has 0 aliphatic carbocycles. The maximum Gasteiger partial charge on any atom is 0.222 e. The molecule has 2 rings (SSSR count). The summed E-state index contributed by atoms with van der Waals surface area (Å²) in [5.74, 6) is 1.34. The summed E-state index contributed by atoms with van der Waals surface area (Å²) in [6.45, 7) is 4.06. The number of aryl methyl sites for hydroxylation is 2. The molecule has 1 aromatic carbocycles. The van der Waals surface area contributed by atoms with E-state index in [1.54, 1.807) is 12.3 Å². The molecule has 0 bridgehead atoms. The summed E-state index contributed by atoms with van der Waals surface area (Å²) in [6.07, 6.45) is 3.12. The minimum absolute atomic E-state index is 0.552. The Labute approximate surface area is 103 Å². The molecule has 0 saturated heterocycles. The summed E-state index contributed by atoms with van der Waals surface area (Å²) >= 11 is 3.52. The lowest BCUT2D eigenvalue weighted by Crippen LogP contribution is -1.90. The number of hydrogen-bond donors (Lipinski definition) is 0. The van der Waals surface area contributed by atoms with E-state index in [1.807, 2.05) is 26.0 Å². The van der Waals surface area contributed by atoms with Gasteiger partial charge in [-0.3, -0.25) is 0 Å². The quantitative estimate of drug-likeness (QED) is 0.841. The molecule has 2 aromatic rings. The third-order valence-corrected chi connectivity index (χ3v) is 3.44. The van der Waals surface area contributed by atoms with Crippen LogP contribution in [0, 0.1) is 13.8 Å². The van der Waals surface area contributed by atoms with E-state index in [0.717, 1.165) is 21.3 Å². The smallest absolute Gasteiger partial charge is 0.222 e. The maximum absolute atomic E-state index is 5.62. The predicted octanol–water partition coefficient (Wildman–Crippen LogP) is 3.65. The van der Waals surface area contributed by atoms with E-state index in [9.17, 15) is 0 Å². The van der Waals surface area contributed by atoms with Crippen LogP contribution in [0.5, 0.6) is 11.6 Å². The van der Waals surface area contributed by atoms with Gasteiger partial charge in [0.1, 0.15) is 12.1 Å². The Kier molecular flexibility index (Phi) is 3.19. The van der Waals surface area contributed by atoms with Crippen LogP contribution in [0.4, 0.5) is 0 Å². The van der Waals surface area contributed by atoms with Gasteiger partial charge in [0.05, 0.1) is 0 Å². The fourth-order valence-electron chi connectivity index (χ4n) is 1.42. The van der Waals surface area contributed by atoms with Crippen molar-refractivity contribution in [2.45, 2.75) is 13.8 Å². The van der Waals surface area contributed by atoms with Crippen LogP contribution in [-0.2, 0) is 0 Å². The summed E-state index contributed by atoms with van der Waals surface area (Å²) in [5.41, 5.74) is 2.29.